The van der Waals surface area contributed by atoms with Crippen LogP contribution in [0.25, 0.3) is 0 Å². The van der Waals surface area contributed by atoms with Gasteiger partial charge in [-0.1, -0.05) is 29.4 Å². The van der Waals surface area contributed by atoms with Crippen LogP contribution < -0.4 is 0 Å². The fraction of sp³-hybridized carbons (Fsp3) is 0.429. The minimum atomic E-state index is 0.546. The van der Waals surface area contributed by atoms with Crippen LogP contribution in [-0.2, 0) is 6.54 Å². The molecule has 0 aliphatic carbocycles. The zero-order valence-electron chi connectivity index (χ0n) is 10.3. The highest BCUT2D eigenvalue weighted by atomic mass is 16.5. The Kier molecular flexibility index (Phi) is 2.08. The van der Waals surface area contributed by atoms with Gasteiger partial charge in [0.1, 0.15) is 0 Å². The van der Waals surface area contributed by atoms with Gasteiger partial charge in [0.15, 0.2) is 5.82 Å². The van der Waals surface area contributed by atoms with Gasteiger partial charge < -0.3 is 4.52 Å². The van der Waals surface area contributed by atoms with E-state index < -0.39 is 0 Å². The summed E-state index contributed by atoms with van der Waals surface area (Å²) in [7, 11) is 0. The van der Waals surface area contributed by atoms with Gasteiger partial charge in [-0.15, -0.1) is 0 Å². The largest absolute Gasteiger partial charge is 0.340 e. The average Bonchev–Trinajstić information content (AvgIpc) is 3.05. The number of aryl methyl sites for hydroxylation is 1. The molecule has 2 unspecified atom stereocenters. The lowest BCUT2D eigenvalue weighted by Gasteiger charge is -2.19. The maximum atomic E-state index is 5.06. The normalized spacial score (nSPS) is 25.6. The Labute approximate surface area is 106 Å². The first kappa shape index (κ1) is 10.3. The molecule has 2 aliphatic rings. The Morgan fingerprint density at radius 2 is 1.89 bits per heavy atom. The van der Waals surface area contributed by atoms with Crippen molar-refractivity contribution in [2.45, 2.75) is 38.4 Å². The van der Waals surface area contributed by atoms with Crippen LogP contribution in [-0.4, -0.2) is 15.0 Å². The second kappa shape index (κ2) is 3.65. The molecule has 2 aliphatic heterocycles. The summed E-state index contributed by atoms with van der Waals surface area (Å²) in [6.07, 6.45) is 2.50. The number of rotatable bonds is 2. The van der Waals surface area contributed by atoms with Crippen molar-refractivity contribution in [3.8, 4) is 0 Å². The van der Waals surface area contributed by atoms with Crippen molar-refractivity contribution >= 4 is 0 Å². The Bertz CT molecular complexity index is 561. The van der Waals surface area contributed by atoms with Crippen molar-refractivity contribution < 1.29 is 4.52 Å². The fourth-order valence-corrected chi connectivity index (χ4v) is 3.44. The predicted octanol–water partition coefficient (Wildman–Crippen LogP) is 2.77. The van der Waals surface area contributed by atoms with Crippen LogP contribution >= 0.6 is 0 Å². The molecule has 1 fully saturated rings. The highest BCUT2D eigenvalue weighted by Gasteiger charge is 2.43. The van der Waals surface area contributed by atoms with E-state index in [-0.39, 0.29) is 0 Å². The maximum absolute atomic E-state index is 5.06. The third-order valence-corrected chi connectivity index (χ3v) is 4.12. The molecule has 1 aromatic carbocycles. The molecule has 1 saturated heterocycles. The molecule has 92 valence electrons. The van der Waals surface area contributed by atoms with Crippen LogP contribution in [0.3, 0.4) is 0 Å². The van der Waals surface area contributed by atoms with E-state index in [1.807, 2.05) is 6.92 Å². The summed E-state index contributed by atoms with van der Waals surface area (Å²) >= 11 is 0. The number of hydrogen-bond acceptors (Lipinski definition) is 4. The molecule has 1 aromatic heterocycles. The van der Waals surface area contributed by atoms with Gasteiger partial charge in [-0.3, -0.25) is 4.90 Å². The minimum absolute atomic E-state index is 0.546. The summed E-state index contributed by atoms with van der Waals surface area (Å²) < 4.78 is 5.06. The Balaban J connectivity index is 1.66. The molecular formula is C14H15N3O. The standard InChI is InChI=1S/C14H15N3O/c1-9-15-14(16-18-9)8-17-12-6-7-13(17)11-5-3-2-4-10(11)12/h2-5,12-13H,6-8H2,1H3. The summed E-state index contributed by atoms with van der Waals surface area (Å²) in [5, 5.41) is 4.01. The van der Waals surface area contributed by atoms with Crippen LogP contribution in [0.15, 0.2) is 28.8 Å². The summed E-state index contributed by atoms with van der Waals surface area (Å²) in [5.41, 5.74) is 2.99. The molecule has 0 N–H and O–H groups in total. The molecule has 2 aromatic rings. The predicted molar refractivity (Wildman–Crippen MR) is 65.7 cm³/mol. The molecule has 3 heterocycles. The first-order valence-electron chi connectivity index (χ1n) is 6.46. The van der Waals surface area contributed by atoms with Crippen molar-refractivity contribution in [1.82, 2.24) is 15.0 Å². The lowest BCUT2D eigenvalue weighted by molar-refractivity contribution is 0.205. The third kappa shape index (κ3) is 1.35. The second-order valence-electron chi connectivity index (χ2n) is 5.14. The zero-order chi connectivity index (χ0) is 12.1. The van der Waals surface area contributed by atoms with Gasteiger partial charge in [0.2, 0.25) is 5.89 Å². The number of benzene rings is 1. The van der Waals surface area contributed by atoms with Gasteiger partial charge in [-0.05, 0) is 24.0 Å². The van der Waals surface area contributed by atoms with E-state index in [1.165, 1.54) is 24.0 Å². The van der Waals surface area contributed by atoms with E-state index in [0.717, 1.165) is 12.4 Å². The maximum Gasteiger partial charge on any atom is 0.223 e. The molecular weight excluding hydrogens is 226 g/mol. The minimum Gasteiger partial charge on any atom is -0.340 e. The van der Waals surface area contributed by atoms with Gasteiger partial charge in [-0.2, -0.15) is 4.98 Å². The smallest absolute Gasteiger partial charge is 0.223 e. The molecule has 4 nitrogen and oxygen atoms in total. The molecule has 0 saturated carbocycles. The van der Waals surface area contributed by atoms with E-state index in [4.69, 9.17) is 4.52 Å². The van der Waals surface area contributed by atoms with Crippen molar-refractivity contribution in [3.63, 3.8) is 0 Å². The molecule has 0 spiro atoms. The average molecular weight is 241 g/mol. The first-order chi connectivity index (χ1) is 8.83. The highest BCUT2D eigenvalue weighted by Crippen LogP contribution is 2.53. The summed E-state index contributed by atoms with van der Waals surface area (Å²) in [6.45, 7) is 2.63. The number of aromatic nitrogens is 2. The van der Waals surface area contributed by atoms with Crippen LogP contribution in [0, 0.1) is 6.92 Å². The van der Waals surface area contributed by atoms with Gasteiger partial charge in [-0.25, -0.2) is 0 Å². The van der Waals surface area contributed by atoms with Crippen LogP contribution in [0.1, 0.15) is 47.8 Å². The van der Waals surface area contributed by atoms with Crippen molar-refractivity contribution in [1.29, 1.82) is 0 Å². The molecule has 0 radical (unpaired) electrons. The van der Waals surface area contributed by atoms with E-state index in [2.05, 4.69) is 39.3 Å². The van der Waals surface area contributed by atoms with Gasteiger partial charge in [0.25, 0.3) is 0 Å². The van der Waals surface area contributed by atoms with Crippen molar-refractivity contribution in [2.75, 3.05) is 0 Å². The van der Waals surface area contributed by atoms with E-state index >= 15 is 0 Å². The lowest BCUT2D eigenvalue weighted by Crippen LogP contribution is -2.19. The van der Waals surface area contributed by atoms with Gasteiger partial charge in [0.05, 0.1) is 6.54 Å². The summed E-state index contributed by atoms with van der Waals surface area (Å²) in [4.78, 5) is 6.82. The number of fused-ring (bicyclic) bond motifs is 5. The Morgan fingerprint density at radius 1 is 1.22 bits per heavy atom. The topological polar surface area (TPSA) is 42.2 Å². The Hall–Kier alpha value is -1.68. The number of nitrogens with zero attached hydrogens (tertiary/aromatic N) is 3. The molecule has 4 heteroatoms. The van der Waals surface area contributed by atoms with Crippen LogP contribution in [0.2, 0.25) is 0 Å². The van der Waals surface area contributed by atoms with Gasteiger partial charge >= 0.3 is 0 Å². The molecule has 18 heavy (non-hydrogen) atoms. The summed E-state index contributed by atoms with van der Waals surface area (Å²) in [6, 6.07) is 9.88. The molecule has 0 amide bonds. The van der Waals surface area contributed by atoms with E-state index in [0.29, 0.717) is 18.0 Å². The monoisotopic (exact) mass is 241 g/mol. The van der Waals surface area contributed by atoms with Crippen molar-refractivity contribution in [2.24, 2.45) is 0 Å². The van der Waals surface area contributed by atoms with Crippen molar-refractivity contribution in [3.05, 3.63) is 47.1 Å². The van der Waals surface area contributed by atoms with E-state index in [9.17, 15) is 0 Å². The van der Waals surface area contributed by atoms with Crippen LogP contribution in [0.4, 0.5) is 0 Å². The molecule has 2 atom stereocenters. The second-order valence-corrected chi connectivity index (χ2v) is 5.14. The SMILES string of the molecule is Cc1nc(CN2C3CCC2c2ccccc23)no1. The lowest BCUT2D eigenvalue weighted by atomic mass is 9.92. The fourth-order valence-electron chi connectivity index (χ4n) is 3.44. The van der Waals surface area contributed by atoms with Gasteiger partial charge in [0, 0.05) is 19.0 Å². The summed E-state index contributed by atoms with van der Waals surface area (Å²) in [5.74, 6) is 1.45. The molecule has 4 rings (SSSR count). The molecule has 2 bridgehead atoms. The van der Waals surface area contributed by atoms with Crippen LogP contribution in [0.5, 0.6) is 0 Å². The zero-order valence-corrected chi connectivity index (χ0v) is 10.3. The number of hydrogen-bond donors (Lipinski definition) is 0. The van der Waals surface area contributed by atoms with E-state index in [1.54, 1.807) is 0 Å². The third-order valence-electron chi connectivity index (χ3n) is 4.12. The first-order valence-corrected chi connectivity index (χ1v) is 6.46. The highest BCUT2D eigenvalue weighted by molar-refractivity contribution is 5.39. The quantitative estimate of drug-likeness (QED) is 0.810. The Morgan fingerprint density at radius 3 is 2.44 bits per heavy atom.